The monoisotopic (exact) mass is 392 g/mol. The Morgan fingerprint density at radius 1 is 1.10 bits per heavy atom. The number of carbonyl (C=O) groups is 1. The van der Waals surface area contributed by atoms with Crippen LogP contribution in [0.4, 0.5) is 0 Å². The Balaban J connectivity index is 1.85. The molecular formula is C22H24N4O3. The van der Waals surface area contributed by atoms with E-state index in [1.807, 2.05) is 31.1 Å². The van der Waals surface area contributed by atoms with Crippen molar-refractivity contribution in [3.8, 4) is 34.0 Å². The Labute approximate surface area is 170 Å². The number of hydrogen-bond donors (Lipinski definition) is 2. The molecule has 0 radical (unpaired) electrons. The molecule has 0 unspecified atom stereocenters. The summed E-state index contributed by atoms with van der Waals surface area (Å²) in [5, 5.41) is 12.7. The zero-order valence-electron chi connectivity index (χ0n) is 16.7. The molecular weight excluding hydrogens is 368 g/mol. The first-order valence-corrected chi connectivity index (χ1v) is 9.20. The molecule has 29 heavy (non-hydrogen) atoms. The molecule has 1 aromatic heterocycles. The molecule has 0 aliphatic heterocycles. The SMILES string of the molecule is COc1cc(-c2cncc(-c3cccc(C(=O)NCCN(C)C)c3)n2)ccc1O. The lowest BCUT2D eigenvalue weighted by atomic mass is 10.1. The molecule has 0 atom stereocenters. The number of amides is 1. The van der Waals surface area contributed by atoms with E-state index in [1.165, 1.54) is 7.11 Å². The Hall–Kier alpha value is -3.45. The number of rotatable bonds is 7. The summed E-state index contributed by atoms with van der Waals surface area (Å²) in [6.45, 7) is 1.35. The lowest BCUT2D eigenvalue weighted by Gasteiger charge is -2.11. The highest BCUT2D eigenvalue weighted by Crippen LogP contribution is 2.31. The second kappa shape index (κ2) is 9.16. The van der Waals surface area contributed by atoms with Crippen LogP contribution in [0.2, 0.25) is 0 Å². The first-order chi connectivity index (χ1) is 14.0. The van der Waals surface area contributed by atoms with Gasteiger partial charge in [0.15, 0.2) is 11.5 Å². The predicted molar refractivity (Wildman–Crippen MR) is 112 cm³/mol. The number of ether oxygens (including phenoxy) is 1. The van der Waals surface area contributed by atoms with Gasteiger partial charge < -0.3 is 20.1 Å². The van der Waals surface area contributed by atoms with Crippen molar-refractivity contribution in [2.45, 2.75) is 0 Å². The van der Waals surface area contributed by atoms with E-state index >= 15 is 0 Å². The molecule has 0 spiro atoms. The van der Waals surface area contributed by atoms with Crippen molar-refractivity contribution >= 4 is 5.91 Å². The van der Waals surface area contributed by atoms with Crippen LogP contribution in [0.3, 0.4) is 0 Å². The third kappa shape index (κ3) is 5.08. The largest absolute Gasteiger partial charge is 0.504 e. The van der Waals surface area contributed by atoms with Crippen LogP contribution < -0.4 is 10.1 Å². The van der Waals surface area contributed by atoms with E-state index in [0.29, 0.717) is 29.2 Å². The molecule has 0 aliphatic carbocycles. The van der Waals surface area contributed by atoms with Crippen molar-refractivity contribution in [3.05, 3.63) is 60.4 Å². The first-order valence-electron chi connectivity index (χ1n) is 9.20. The van der Waals surface area contributed by atoms with Crippen LogP contribution >= 0.6 is 0 Å². The van der Waals surface area contributed by atoms with Crippen LogP contribution in [0.15, 0.2) is 54.9 Å². The normalized spacial score (nSPS) is 10.8. The molecule has 7 nitrogen and oxygen atoms in total. The number of nitrogens with one attached hydrogen (secondary N) is 1. The summed E-state index contributed by atoms with van der Waals surface area (Å²) < 4.78 is 5.17. The van der Waals surface area contributed by atoms with Gasteiger partial charge in [-0.2, -0.15) is 0 Å². The van der Waals surface area contributed by atoms with Crippen molar-refractivity contribution in [2.75, 3.05) is 34.3 Å². The number of phenols is 1. The van der Waals surface area contributed by atoms with Gasteiger partial charge in [-0.15, -0.1) is 0 Å². The molecule has 0 saturated carbocycles. The number of benzene rings is 2. The minimum Gasteiger partial charge on any atom is -0.504 e. The van der Waals surface area contributed by atoms with Crippen LogP contribution in [0, 0.1) is 0 Å². The topological polar surface area (TPSA) is 87.6 Å². The van der Waals surface area contributed by atoms with E-state index in [9.17, 15) is 9.90 Å². The third-order valence-corrected chi connectivity index (χ3v) is 4.38. The van der Waals surface area contributed by atoms with Crippen molar-refractivity contribution in [3.63, 3.8) is 0 Å². The van der Waals surface area contributed by atoms with E-state index in [1.54, 1.807) is 42.7 Å². The van der Waals surface area contributed by atoms with Gasteiger partial charge in [0.1, 0.15) is 0 Å². The fraction of sp³-hybridized carbons (Fsp3) is 0.227. The number of aromatic nitrogens is 2. The third-order valence-electron chi connectivity index (χ3n) is 4.38. The van der Waals surface area contributed by atoms with Crippen LogP contribution in [0.5, 0.6) is 11.5 Å². The molecule has 3 rings (SSSR count). The van der Waals surface area contributed by atoms with Gasteiger partial charge in [-0.3, -0.25) is 9.78 Å². The summed E-state index contributed by atoms with van der Waals surface area (Å²) in [7, 11) is 5.42. The van der Waals surface area contributed by atoms with E-state index < -0.39 is 0 Å². The number of likely N-dealkylation sites (N-methyl/N-ethyl adjacent to an activating group) is 1. The number of carbonyl (C=O) groups excluding carboxylic acids is 1. The number of aromatic hydroxyl groups is 1. The molecule has 7 heteroatoms. The molecule has 0 bridgehead atoms. The van der Waals surface area contributed by atoms with Crippen LogP contribution in [-0.2, 0) is 0 Å². The highest BCUT2D eigenvalue weighted by molar-refractivity contribution is 5.95. The van der Waals surface area contributed by atoms with Gasteiger partial charge in [0.25, 0.3) is 5.91 Å². The van der Waals surface area contributed by atoms with Gasteiger partial charge in [-0.05, 0) is 44.4 Å². The summed E-state index contributed by atoms with van der Waals surface area (Å²) in [5.74, 6) is 0.306. The summed E-state index contributed by atoms with van der Waals surface area (Å²) in [6, 6.07) is 12.3. The van der Waals surface area contributed by atoms with Gasteiger partial charge in [0.2, 0.25) is 0 Å². The smallest absolute Gasteiger partial charge is 0.251 e. The second-order valence-electron chi connectivity index (χ2n) is 6.82. The zero-order chi connectivity index (χ0) is 20.8. The van der Waals surface area contributed by atoms with Crippen LogP contribution in [-0.4, -0.2) is 60.2 Å². The van der Waals surface area contributed by atoms with Crippen LogP contribution in [0.25, 0.3) is 22.5 Å². The van der Waals surface area contributed by atoms with E-state index in [-0.39, 0.29) is 11.7 Å². The average molecular weight is 392 g/mol. The number of methoxy groups -OCH3 is 1. The summed E-state index contributed by atoms with van der Waals surface area (Å²) >= 11 is 0. The minimum atomic E-state index is -0.124. The van der Waals surface area contributed by atoms with Gasteiger partial charge >= 0.3 is 0 Å². The van der Waals surface area contributed by atoms with E-state index in [4.69, 9.17) is 4.74 Å². The Morgan fingerprint density at radius 2 is 1.83 bits per heavy atom. The molecule has 1 heterocycles. The molecule has 150 valence electrons. The first kappa shape index (κ1) is 20.3. The molecule has 2 N–H and O–H groups in total. The molecule has 1 amide bonds. The lowest BCUT2D eigenvalue weighted by Crippen LogP contribution is -2.31. The molecule has 2 aromatic carbocycles. The maximum Gasteiger partial charge on any atom is 0.251 e. The average Bonchev–Trinajstić information content (AvgIpc) is 2.74. The lowest BCUT2D eigenvalue weighted by molar-refractivity contribution is 0.0951. The Morgan fingerprint density at radius 3 is 2.52 bits per heavy atom. The molecule has 0 aliphatic rings. The second-order valence-corrected chi connectivity index (χ2v) is 6.82. The number of nitrogens with zero attached hydrogens (tertiary/aromatic N) is 3. The standard InChI is InChI=1S/C22H24N4O3/c1-26(2)10-9-24-22(28)17-6-4-5-15(11-17)18-13-23-14-19(25-18)16-7-8-20(27)21(12-16)29-3/h4-8,11-14,27H,9-10H2,1-3H3,(H,24,28). The molecule has 3 aromatic rings. The van der Waals surface area contributed by atoms with Crippen LogP contribution in [0.1, 0.15) is 10.4 Å². The highest BCUT2D eigenvalue weighted by atomic mass is 16.5. The van der Waals surface area contributed by atoms with E-state index in [0.717, 1.165) is 17.7 Å². The van der Waals surface area contributed by atoms with Gasteiger partial charge in [-0.1, -0.05) is 12.1 Å². The van der Waals surface area contributed by atoms with Gasteiger partial charge in [-0.25, -0.2) is 4.98 Å². The summed E-state index contributed by atoms with van der Waals surface area (Å²) in [5.41, 5.74) is 3.43. The maximum atomic E-state index is 12.4. The van der Waals surface area contributed by atoms with Crippen molar-refractivity contribution in [1.82, 2.24) is 20.2 Å². The molecule has 0 saturated heterocycles. The summed E-state index contributed by atoms with van der Waals surface area (Å²) in [4.78, 5) is 23.4. The summed E-state index contributed by atoms with van der Waals surface area (Å²) in [6.07, 6.45) is 3.30. The predicted octanol–water partition coefficient (Wildman–Crippen LogP) is 2.82. The number of hydrogen-bond acceptors (Lipinski definition) is 6. The maximum absolute atomic E-state index is 12.4. The fourth-order valence-corrected chi connectivity index (χ4v) is 2.80. The Kier molecular flexibility index (Phi) is 6.41. The highest BCUT2D eigenvalue weighted by Gasteiger charge is 2.10. The molecule has 0 fully saturated rings. The van der Waals surface area contributed by atoms with Crippen molar-refractivity contribution in [2.24, 2.45) is 0 Å². The van der Waals surface area contributed by atoms with E-state index in [2.05, 4.69) is 15.3 Å². The van der Waals surface area contributed by atoms with Gasteiger partial charge in [0, 0.05) is 29.8 Å². The zero-order valence-corrected chi connectivity index (χ0v) is 16.7. The Bertz CT molecular complexity index is 1000. The minimum absolute atomic E-state index is 0.0633. The van der Waals surface area contributed by atoms with Crippen molar-refractivity contribution in [1.29, 1.82) is 0 Å². The fourth-order valence-electron chi connectivity index (χ4n) is 2.80. The quantitative estimate of drug-likeness (QED) is 0.643. The number of phenolic OH excluding ortho intramolecular Hbond substituents is 1. The van der Waals surface area contributed by atoms with Crippen molar-refractivity contribution < 1.29 is 14.6 Å². The van der Waals surface area contributed by atoms with Gasteiger partial charge in [0.05, 0.1) is 30.9 Å².